The van der Waals surface area contributed by atoms with Crippen molar-refractivity contribution in [3.8, 4) is 0 Å². The number of amides is 1. The zero-order valence-corrected chi connectivity index (χ0v) is 20.0. The highest BCUT2D eigenvalue weighted by molar-refractivity contribution is 7.98. The molecule has 1 unspecified atom stereocenters. The summed E-state index contributed by atoms with van der Waals surface area (Å²) in [5.74, 6) is 1.53. The molecule has 7 heteroatoms. The number of benzene rings is 2. The summed E-state index contributed by atoms with van der Waals surface area (Å²) in [7, 11) is 2.04. The molecular weight excluding hydrogens is 432 g/mol. The highest BCUT2D eigenvalue weighted by Gasteiger charge is 2.17. The Hall–Kier alpha value is -2.90. The number of hydrogen-bond donors (Lipinski definition) is 1. The Morgan fingerprint density at radius 3 is 2.73 bits per heavy atom. The van der Waals surface area contributed by atoms with Crippen molar-refractivity contribution in [3.05, 3.63) is 83.0 Å². The van der Waals surface area contributed by atoms with Gasteiger partial charge in [-0.25, -0.2) is 9.97 Å². The Kier molecular flexibility index (Phi) is 7.96. The quantitative estimate of drug-likeness (QED) is 0.370. The van der Waals surface area contributed by atoms with Gasteiger partial charge in [-0.2, -0.15) is 0 Å². The van der Waals surface area contributed by atoms with Crippen LogP contribution >= 0.6 is 11.8 Å². The summed E-state index contributed by atoms with van der Waals surface area (Å²) in [4.78, 5) is 24.0. The first kappa shape index (κ1) is 23.3. The summed E-state index contributed by atoms with van der Waals surface area (Å²) in [6.07, 6.45) is 2.22. The zero-order chi connectivity index (χ0) is 23.0. The number of carbonyl (C=O) groups is 1. The average Bonchev–Trinajstić information content (AvgIpc) is 3.35. The van der Waals surface area contributed by atoms with Gasteiger partial charge >= 0.3 is 0 Å². The van der Waals surface area contributed by atoms with E-state index in [9.17, 15) is 4.79 Å². The number of carbonyl (C=O) groups excluding carboxylic acids is 1. The van der Waals surface area contributed by atoms with Gasteiger partial charge in [0.2, 0.25) is 0 Å². The highest BCUT2D eigenvalue weighted by Crippen LogP contribution is 2.23. The average molecular weight is 463 g/mol. The summed E-state index contributed by atoms with van der Waals surface area (Å²) in [5.41, 5.74) is 3.90. The number of nitrogens with zero attached hydrogens (tertiary/aromatic N) is 3. The van der Waals surface area contributed by atoms with Gasteiger partial charge in [-0.1, -0.05) is 54.2 Å². The van der Waals surface area contributed by atoms with Crippen molar-refractivity contribution < 1.29 is 9.53 Å². The van der Waals surface area contributed by atoms with Gasteiger partial charge in [-0.15, -0.1) is 0 Å². The normalized spacial score (nSPS) is 15.4. The Bertz CT molecular complexity index is 1070. The number of hydrogen-bond acceptors (Lipinski definition) is 6. The van der Waals surface area contributed by atoms with Crippen LogP contribution in [0.3, 0.4) is 0 Å². The van der Waals surface area contributed by atoms with Crippen molar-refractivity contribution in [2.24, 2.45) is 0 Å². The molecule has 1 aromatic heterocycles. The van der Waals surface area contributed by atoms with Crippen LogP contribution in [0.25, 0.3) is 0 Å². The lowest BCUT2D eigenvalue weighted by molar-refractivity contribution is 0.0857. The van der Waals surface area contributed by atoms with Crippen LogP contribution in [-0.2, 0) is 17.0 Å². The monoisotopic (exact) mass is 462 g/mol. The van der Waals surface area contributed by atoms with E-state index in [1.807, 2.05) is 62.5 Å². The number of rotatable bonds is 9. The van der Waals surface area contributed by atoms with E-state index >= 15 is 0 Å². The Balaban J connectivity index is 1.36. The fraction of sp³-hybridized carbons (Fsp3) is 0.346. The molecular formula is C26H30N4O2S. The van der Waals surface area contributed by atoms with Crippen LogP contribution in [0, 0.1) is 6.92 Å². The van der Waals surface area contributed by atoms with Crippen LogP contribution < -0.4 is 10.2 Å². The van der Waals surface area contributed by atoms with Gasteiger partial charge in [-0.3, -0.25) is 4.79 Å². The summed E-state index contributed by atoms with van der Waals surface area (Å²) in [6.45, 7) is 4.13. The fourth-order valence-electron chi connectivity index (χ4n) is 3.79. The van der Waals surface area contributed by atoms with Crippen LogP contribution in [0.2, 0.25) is 0 Å². The lowest BCUT2D eigenvalue weighted by Gasteiger charge is -2.19. The molecule has 6 nitrogen and oxygen atoms in total. The van der Waals surface area contributed by atoms with Gasteiger partial charge in [0.25, 0.3) is 5.91 Å². The molecule has 1 aliphatic heterocycles. The smallest absolute Gasteiger partial charge is 0.251 e. The van der Waals surface area contributed by atoms with Gasteiger partial charge in [0.05, 0.1) is 6.10 Å². The Labute approximate surface area is 199 Å². The fourth-order valence-corrected chi connectivity index (χ4v) is 4.63. The third-order valence-corrected chi connectivity index (χ3v) is 6.46. The molecule has 3 aromatic rings. The second-order valence-corrected chi connectivity index (χ2v) is 9.27. The molecule has 1 aliphatic rings. The van der Waals surface area contributed by atoms with E-state index < -0.39 is 0 Å². The first-order valence-corrected chi connectivity index (χ1v) is 12.3. The number of ether oxygens (including phenoxy) is 1. The number of aryl methyl sites for hydroxylation is 1. The molecule has 33 heavy (non-hydrogen) atoms. The predicted octanol–water partition coefficient (Wildman–Crippen LogP) is 4.62. The molecule has 172 valence electrons. The Morgan fingerprint density at radius 2 is 1.94 bits per heavy atom. The minimum Gasteiger partial charge on any atom is -0.376 e. The van der Waals surface area contributed by atoms with Crippen LogP contribution in [-0.4, -0.2) is 42.2 Å². The van der Waals surface area contributed by atoms with Crippen LogP contribution in [0.4, 0.5) is 5.82 Å². The van der Waals surface area contributed by atoms with E-state index in [0.29, 0.717) is 17.9 Å². The molecule has 0 saturated carbocycles. The second-order valence-electron chi connectivity index (χ2n) is 8.33. The maximum Gasteiger partial charge on any atom is 0.251 e. The minimum absolute atomic E-state index is 0.0611. The molecule has 1 N–H and O–H groups in total. The Morgan fingerprint density at radius 1 is 1.12 bits per heavy atom. The number of nitrogens with one attached hydrogen (secondary N) is 1. The molecule has 0 spiro atoms. The van der Waals surface area contributed by atoms with Crippen molar-refractivity contribution in [2.75, 3.05) is 25.1 Å². The highest BCUT2D eigenvalue weighted by atomic mass is 32.2. The molecule has 0 aliphatic carbocycles. The molecule has 1 saturated heterocycles. The summed E-state index contributed by atoms with van der Waals surface area (Å²) < 4.78 is 5.58. The van der Waals surface area contributed by atoms with Gasteiger partial charge in [0, 0.05) is 49.8 Å². The summed E-state index contributed by atoms with van der Waals surface area (Å²) in [6, 6.07) is 20.1. The second kappa shape index (κ2) is 11.3. The van der Waals surface area contributed by atoms with E-state index in [4.69, 9.17) is 9.72 Å². The molecule has 4 rings (SSSR count). The van der Waals surface area contributed by atoms with Gasteiger partial charge in [0.1, 0.15) is 5.82 Å². The first-order chi connectivity index (χ1) is 16.1. The third-order valence-electron chi connectivity index (χ3n) is 5.55. The van der Waals surface area contributed by atoms with Crippen molar-refractivity contribution in [3.63, 3.8) is 0 Å². The SMILES string of the molecule is Cc1cc(N(C)Cc2ccccc2)nc(SCc2cccc(C(=O)NCC3CCCO3)c2)n1. The van der Waals surface area contributed by atoms with Crippen molar-refractivity contribution in [1.82, 2.24) is 15.3 Å². The minimum atomic E-state index is -0.0611. The van der Waals surface area contributed by atoms with E-state index in [0.717, 1.165) is 48.2 Å². The summed E-state index contributed by atoms with van der Waals surface area (Å²) in [5, 5.41) is 3.72. The zero-order valence-electron chi connectivity index (χ0n) is 19.2. The van der Waals surface area contributed by atoms with E-state index in [1.54, 1.807) is 11.8 Å². The maximum absolute atomic E-state index is 12.5. The molecule has 2 aromatic carbocycles. The standard InChI is InChI=1S/C26H30N4O2S/c1-19-14-24(30(2)17-20-8-4-3-5-9-20)29-26(28-19)33-18-21-10-6-11-22(15-21)25(31)27-16-23-12-7-13-32-23/h3-6,8-11,14-15,23H,7,12-13,16-18H2,1-2H3,(H,27,31). The van der Waals surface area contributed by atoms with Gasteiger partial charge < -0.3 is 15.0 Å². The third kappa shape index (κ3) is 6.79. The van der Waals surface area contributed by atoms with Gasteiger partial charge in [-0.05, 0) is 43.0 Å². The largest absolute Gasteiger partial charge is 0.376 e. The maximum atomic E-state index is 12.5. The molecule has 0 radical (unpaired) electrons. The summed E-state index contributed by atoms with van der Waals surface area (Å²) >= 11 is 1.58. The molecule has 1 atom stereocenters. The van der Waals surface area contributed by atoms with Crippen molar-refractivity contribution in [1.29, 1.82) is 0 Å². The predicted molar refractivity (Wildman–Crippen MR) is 133 cm³/mol. The van der Waals surface area contributed by atoms with Crippen LogP contribution in [0.5, 0.6) is 0 Å². The van der Waals surface area contributed by atoms with E-state index in [-0.39, 0.29) is 12.0 Å². The number of thioether (sulfide) groups is 1. The topological polar surface area (TPSA) is 67.4 Å². The molecule has 1 fully saturated rings. The van der Waals surface area contributed by atoms with E-state index in [1.165, 1.54) is 5.56 Å². The van der Waals surface area contributed by atoms with E-state index in [2.05, 4.69) is 27.3 Å². The van der Waals surface area contributed by atoms with Crippen molar-refractivity contribution in [2.45, 2.75) is 43.3 Å². The molecule has 1 amide bonds. The van der Waals surface area contributed by atoms with Gasteiger partial charge in [0.15, 0.2) is 5.16 Å². The van der Waals surface area contributed by atoms with Crippen LogP contribution in [0.1, 0.15) is 40.0 Å². The first-order valence-electron chi connectivity index (χ1n) is 11.3. The van der Waals surface area contributed by atoms with Crippen LogP contribution in [0.15, 0.2) is 65.8 Å². The molecule has 2 heterocycles. The number of anilines is 1. The lowest BCUT2D eigenvalue weighted by atomic mass is 10.1. The number of aromatic nitrogens is 2. The van der Waals surface area contributed by atoms with Crippen molar-refractivity contribution >= 4 is 23.5 Å². The molecule has 0 bridgehead atoms. The lowest BCUT2D eigenvalue weighted by Crippen LogP contribution is -2.31.